The maximum absolute atomic E-state index is 5.62. The van der Waals surface area contributed by atoms with Crippen molar-refractivity contribution in [2.24, 2.45) is 5.73 Å². The van der Waals surface area contributed by atoms with Gasteiger partial charge in [-0.15, -0.1) is 0 Å². The lowest BCUT2D eigenvalue weighted by molar-refractivity contribution is 0.394. The molecule has 4 nitrogen and oxygen atoms in total. The van der Waals surface area contributed by atoms with Crippen LogP contribution in [-0.4, -0.2) is 25.7 Å². The molecule has 1 heterocycles. The van der Waals surface area contributed by atoms with Crippen LogP contribution in [0.1, 0.15) is 5.56 Å². The highest BCUT2D eigenvalue weighted by Gasteiger charge is 2.13. The zero-order valence-electron chi connectivity index (χ0n) is 9.54. The first-order chi connectivity index (χ1) is 7.81. The van der Waals surface area contributed by atoms with Crippen molar-refractivity contribution in [3.63, 3.8) is 0 Å². The first-order valence-electron chi connectivity index (χ1n) is 5.22. The van der Waals surface area contributed by atoms with Crippen LogP contribution in [0.15, 0.2) is 18.3 Å². The van der Waals surface area contributed by atoms with Gasteiger partial charge in [0, 0.05) is 23.2 Å². The molecule has 0 radical (unpaired) electrons. The summed E-state index contributed by atoms with van der Waals surface area (Å²) in [6.45, 7) is 0.600. The molecule has 1 aromatic heterocycles. The van der Waals surface area contributed by atoms with Gasteiger partial charge >= 0.3 is 0 Å². The van der Waals surface area contributed by atoms with Crippen LogP contribution in [0.4, 0.5) is 0 Å². The highest BCUT2D eigenvalue weighted by Crippen LogP contribution is 2.35. The summed E-state index contributed by atoms with van der Waals surface area (Å²) < 4.78 is 10.7. The maximum Gasteiger partial charge on any atom is 0.146 e. The molecule has 1 aromatic carbocycles. The van der Waals surface area contributed by atoms with Crippen LogP contribution >= 0.6 is 0 Å². The first kappa shape index (κ1) is 10.8. The number of rotatable bonds is 4. The lowest BCUT2D eigenvalue weighted by Crippen LogP contribution is -2.05. The van der Waals surface area contributed by atoms with Gasteiger partial charge in [-0.2, -0.15) is 0 Å². The third kappa shape index (κ3) is 1.61. The zero-order chi connectivity index (χ0) is 11.5. The van der Waals surface area contributed by atoms with E-state index in [1.54, 1.807) is 14.2 Å². The Hall–Kier alpha value is -1.68. The van der Waals surface area contributed by atoms with E-state index >= 15 is 0 Å². The molecular formula is C12H16N2O2. The fourth-order valence-electron chi connectivity index (χ4n) is 1.98. The SMILES string of the molecule is COc1cc(OC)c2[nH]ccc2c1CCN. The van der Waals surface area contributed by atoms with E-state index in [0.29, 0.717) is 6.54 Å². The van der Waals surface area contributed by atoms with E-state index in [4.69, 9.17) is 15.2 Å². The molecule has 0 amide bonds. The number of aromatic nitrogens is 1. The molecule has 0 aliphatic heterocycles. The Morgan fingerprint density at radius 3 is 2.62 bits per heavy atom. The number of nitrogens with two attached hydrogens (primary N) is 1. The second-order valence-corrected chi connectivity index (χ2v) is 3.56. The normalized spacial score (nSPS) is 10.7. The number of fused-ring (bicyclic) bond motifs is 1. The van der Waals surface area contributed by atoms with Crippen molar-refractivity contribution in [1.29, 1.82) is 0 Å². The lowest BCUT2D eigenvalue weighted by atomic mass is 10.1. The fourth-order valence-corrected chi connectivity index (χ4v) is 1.98. The second kappa shape index (κ2) is 4.45. The third-order valence-corrected chi connectivity index (χ3v) is 2.71. The van der Waals surface area contributed by atoms with Crippen molar-refractivity contribution >= 4 is 10.9 Å². The van der Waals surface area contributed by atoms with Crippen LogP contribution in [0.2, 0.25) is 0 Å². The Labute approximate surface area is 94.3 Å². The number of H-pyrrole nitrogens is 1. The number of aromatic amines is 1. The van der Waals surface area contributed by atoms with Gasteiger partial charge in [0.2, 0.25) is 0 Å². The molecule has 86 valence electrons. The van der Waals surface area contributed by atoms with E-state index in [-0.39, 0.29) is 0 Å². The molecule has 0 saturated heterocycles. The van der Waals surface area contributed by atoms with Gasteiger partial charge in [0.05, 0.1) is 19.7 Å². The first-order valence-corrected chi connectivity index (χ1v) is 5.22. The molecule has 16 heavy (non-hydrogen) atoms. The zero-order valence-corrected chi connectivity index (χ0v) is 9.54. The minimum absolute atomic E-state index is 0.600. The van der Waals surface area contributed by atoms with Gasteiger partial charge < -0.3 is 20.2 Å². The number of benzene rings is 1. The van der Waals surface area contributed by atoms with Gasteiger partial charge in [0.25, 0.3) is 0 Å². The summed E-state index contributed by atoms with van der Waals surface area (Å²) in [5, 5.41) is 1.11. The Kier molecular flexibility index (Phi) is 3.01. The summed E-state index contributed by atoms with van der Waals surface area (Å²) in [5.74, 6) is 1.62. The van der Waals surface area contributed by atoms with Gasteiger partial charge in [0.15, 0.2) is 0 Å². The minimum Gasteiger partial charge on any atom is -0.496 e. The molecule has 0 spiro atoms. The topological polar surface area (TPSA) is 60.3 Å². The molecule has 4 heteroatoms. The lowest BCUT2D eigenvalue weighted by Gasteiger charge is -2.12. The third-order valence-electron chi connectivity index (χ3n) is 2.71. The predicted molar refractivity (Wildman–Crippen MR) is 64.2 cm³/mol. The van der Waals surface area contributed by atoms with Gasteiger partial charge in [-0.25, -0.2) is 0 Å². The molecule has 0 aliphatic carbocycles. The Bertz CT molecular complexity index is 491. The highest BCUT2D eigenvalue weighted by molar-refractivity contribution is 5.90. The standard InChI is InChI=1S/C12H16N2O2/c1-15-10-7-11(16-2)12-9(4-6-14-12)8(10)3-5-13/h4,6-7,14H,3,5,13H2,1-2H3. The molecule has 2 aromatic rings. The largest absolute Gasteiger partial charge is 0.496 e. The van der Waals surface area contributed by atoms with E-state index in [9.17, 15) is 0 Å². The fraction of sp³-hybridized carbons (Fsp3) is 0.333. The Morgan fingerprint density at radius 2 is 2.00 bits per heavy atom. The molecule has 0 atom stereocenters. The van der Waals surface area contributed by atoms with E-state index < -0.39 is 0 Å². The number of methoxy groups -OCH3 is 2. The monoisotopic (exact) mass is 220 g/mol. The number of ether oxygens (including phenoxy) is 2. The van der Waals surface area contributed by atoms with Crippen molar-refractivity contribution in [2.75, 3.05) is 20.8 Å². The smallest absolute Gasteiger partial charge is 0.146 e. The van der Waals surface area contributed by atoms with Crippen LogP contribution in [0.5, 0.6) is 11.5 Å². The summed E-state index contributed by atoms with van der Waals surface area (Å²) in [7, 11) is 3.31. The quantitative estimate of drug-likeness (QED) is 0.824. The van der Waals surface area contributed by atoms with Gasteiger partial charge in [-0.05, 0) is 19.0 Å². The molecule has 0 bridgehead atoms. The molecule has 0 unspecified atom stereocenters. The van der Waals surface area contributed by atoms with Crippen LogP contribution in [0, 0.1) is 0 Å². The van der Waals surface area contributed by atoms with Gasteiger partial charge in [-0.3, -0.25) is 0 Å². The summed E-state index contributed by atoms with van der Waals surface area (Å²) in [4.78, 5) is 3.17. The number of hydrogen-bond acceptors (Lipinski definition) is 3. The van der Waals surface area contributed by atoms with E-state index in [0.717, 1.165) is 34.4 Å². The second-order valence-electron chi connectivity index (χ2n) is 3.56. The molecule has 0 saturated carbocycles. The molecule has 0 fully saturated rings. The predicted octanol–water partition coefficient (Wildman–Crippen LogP) is 1.69. The maximum atomic E-state index is 5.62. The van der Waals surface area contributed by atoms with E-state index in [1.165, 1.54) is 0 Å². The van der Waals surface area contributed by atoms with Crippen molar-refractivity contribution < 1.29 is 9.47 Å². The molecular weight excluding hydrogens is 204 g/mol. The minimum atomic E-state index is 0.600. The summed E-state index contributed by atoms with van der Waals surface area (Å²) in [5.41, 5.74) is 7.74. The molecule has 0 aliphatic rings. The van der Waals surface area contributed by atoms with Crippen LogP contribution in [0.25, 0.3) is 10.9 Å². The van der Waals surface area contributed by atoms with Crippen molar-refractivity contribution in [3.8, 4) is 11.5 Å². The van der Waals surface area contributed by atoms with Gasteiger partial charge in [0.1, 0.15) is 11.5 Å². The Morgan fingerprint density at radius 1 is 1.25 bits per heavy atom. The average molecular weight is 220 g/mol. The molecule has 2 rings (SSSR count). The van der Waals surface area contributed by atoms with Crippen LogP contribution < -0.4 is 15.2 Å². The average Bonchev–Trinajstić information content (AvgIpc) is 2.78. The van der Waals surface area contributed by atoms with E-state index in [1.807, 2.05) is 18.3 Å². The number of hydrogen-bond donors (Lipinski definition) is 2. The van der Waals surface area contributed by atoms with Crippen LogP contribution in [0.3, 0.4) is 0 Å². The Balaban J connectivity index is 2.69. The van der Waals surface area contributed by atoms with Gasteiger partial charge in [-0.1, -0.05) is 0 Å². The summed E-state index contributed by atoms with van der Waals surface area (Å²) in [6.07, 6.45) is 2.69. The highest BCUT2D eigenvalue weighted by atomic mass is 16.5. The number of nitrogens with one attached hydrogen (secondary N) is 1. The van der Waals surface area contributed by atoms with Crippen molar-refractivity contribution in [1.82, 2.24) is 4.98 Å². The summed E-state index contributed by atoms with van der Waals surface area (Å²) >= 11 is 0. The van der Waals surface area contributed by atoms with E-state index in [2.05, 4.69) is 4.98 Å². The molecule has 3 N–H and O–H groups in total. The van der Waals surface area contributed by atoms with Crippen molar-refractivity contribution in [3.05, 3.63) is 23.9 Å². The summed E-state index contributed by atoms with van der Waals surface area (Å²) in [6, 6.07) is 3.91. The van der Waals surface area contributed by atoms with Crippen LogP contribution in [-0.2, 0) is 6.42 Å². The van der Waals surface area contributed by atoms with Crippen molar-refractivity contribution in [2.45, 2.75) is 6.42 Å².